The predicted octanol–water partition coefficient (Wildman–Crippen LogP) is 19.0. The molecule has 5 heteroatoms. The Bertz CT molecular complexity index is 3650. The van der Waals surface area contributed by atoms with Gasteiger partial charge in [0.1, 0.15) is 0 Å². The second kappa shape index (κ2) is 16.9. The fraction of sp³-hybridized carbons (Fsp3) is 0.417. The van der Waals surface area contributed by atoms with E-state index in [4.69, 9.17) is 0 Å². The molecule has 1 fully saturated rings. The van der Waals surface area contributed by atoms with Crippen molar-refractivity contribution in [1.82, 2.24) is 0 Å². The number of fused-ring (bicyclic) bond motifs is 10. The molecule has 0 radical (unpaired) electrons. The molecule has 2 atom stereocenters. The molecule has 0 spiro atoms. The topological polar surface area (TPSA) is 9.72 Å². The zero-order valence-corrected chi connectivity index (χ0v) is 50.9. The molecule has 1 saturated carbocycles. The molecule has 2 unspecified atom stereocenters. The Morgan fingerprint density at radius 3 is 1.52 bits per heavy atom. The molecule has 0 saturated heterocycles. The SMILES string of the molecule is Cc1cc(C(C)(C)C)cc(C)c1N1c2cc3c(cc2B2c4cc(C(C)(C)C)cc5c4N(c4cc(N(c6ccc(C(C)(C)C)cc6)c6ccc(C(C)(C)C)cc6)cc1c42)C1(C)CCCCC51C)sc1cc(C(C)(C)C)ccc13. The van der Waals surface area contributed by atoms with Crippen molar-refractivity contribution in [2.75, 3.05) is 14.7 Å². The van der Waals surface area contributed by atoms with Gasteiger partial charge in [-0.2, -0.15) is 0 Å². The summed E-state index contributed by atoms with van der Waals surface area (Å²) in [5, 5.41) is 2.68. The summed E-state index contributed by atoms with van der Waals surface area (Å²) < 4.78 is 2.73. The highest BCUT2D eigenvalue weighted by Gasteiger charge is 2.62. The van der Waals surface area contributed by atoms with Gasteiger partial charge in [0, 0.05) is 59.7 Å². The average Bonchev–Trinajstić information content (AvgIpc) is 3.92. The molecular weight excluding hydrogens is 950 g/mol. The maximum Gasteiger partial charge on any atom is 0.252 e. The van der Waals surface area contributed by atoms with Gasteiger partial charge in [0.2, 0.25) is 0 Å². The first-order valence-electron chi connectivity index (χ1n) is 29.0. The molecule has 0 N–H and O–H groups in total. The van der Waals surface area contributed by atoms with Crippen LogP contribution < -0.4 is 31.1 Å². The lowest BCUT2D eigenvalue weighted by Crippen LogP contribution is -2.64. The lowest BCUT2D eigenvalue weighted by atomic mass is 9.33. The Kier molecular flexibility index (Phi) is 11.4. The van der Waals surface area contributed by atoms with E-state index in [1.807, 2.05) is 11.3 Å². The first kappa shape index (κ1) is 52.0. The van der Waals surface area contributed by atoms with Gasteiger partial charge in [-0.1, -0.05) is 184 Å². The van der Waals surface area contributed by atoms with Crippen molar-refractivity contribution in [2.24, 2.45) is 0 Å². The van der Waals surface area contributed by atoms with Crippen LogP contribution in [0.25, 0.3) is 20.2 Å². The van der Waals surface area contributed by atoms with Crippen molar-refractivity contribution in [1.29, 1.82) is 0 Å². The molecule has 4 heterocycles. The van der Waals surface area contributed by atoms with Crippen LogP contribution in [0.5, 0.6) is 0 Å². The Labute approximate surface area is 467 Å². The summed E-state index contributed by atoms with van der Waals surface area (Å²) in [7, 11) is 0. The van der Waals surface area contributed by atoms with E-state index in [-0.39, 0.29) is 44.7 Å². The Hall–Kier alpha value is -5.78. The molecule has 4 aliphatic rings. The Morgan fingerprint density at radius 1 is 0.455 bits per heavy atom. The normalized spacial score (nSPS) is 19.2. The van der Waals surface area contributed by atoms with Crippen LogP contribution in [0, 0.1) is 13.8 Å². The molecule has 3 aliphatic heterocycles. The van der Waals surface area contributed by atoms with E-state index < -0.39 is 0 Å². The predicted molar refractivity (Wildman–Crippen MR) is 339 cm³/mol. The van der Waals surface area contributed by atoms with Gasteiger partial charge in [-0.25, -0.2) is 0 Å². The third-order valence-corrected chi connectivity index (χ3v) is 20.3. The fourth-order valence-corrected chi connectivity index (χ4v) is 15.4. The van der Waals surface area contributed by atoms with Gasteiger partial charge in [-0.05, 0) is 176 Å². The van der Waals surface area contributed by atoms with E-state index in [1.165, 1.54) is 129 Å². The fourth-order valence-electron chi connectivity index (χ4n) is 14.3. The summed E-state index contributed by atoms with van der Waals surface area (Å²) in [6.45, 7) is 45.3. The molecule has 0 amide bonds. The van der Waals surface area contributed by atoms with Gasteiger partial charge >= 0.3 is 0 Å². The monoisotopic (exact) mass is 1030 g/mol. The van der Waals surface area contributed by atoms with Crippen molar-refractivity contribution in [3.8, 4) is 0 Å². The second-order valence-corrected chi connectivity index (χ2v) is 30.7. The van der Waals surface area contributed by atoms with Crippen LogP contribution in [0.3, 0.4) is 0 Å². The molecular formula is C72H84BN3S. The van der Waals surface area contributed by atoms with Gasteiger partial charge in [0.25, 0.3) is 6.71 Å². The molecule has 7 aromatic carbocycles. The zero-order valence-electron chi connectivity index (χ0n) is 50.1. The van der Waals surface area contributed by atoms with Crippen molar-refractivity contribution < 1.29 is 0 Å². The minimum atomic E-state index is -0.144. The second-order valence-electron chi connectivity index (χ2n) is 29.6. The zero-order chi connectivity index (χ0) is 55.1. The van der Waals surface area contributed by atoms with Crippen LogP contribution in [-0.4, -0.2) is 12.3 Å². The Morgan fingerprint density at radius 2 is 0.961 bits per heavy atom. The van der Waals surface area contributed by atoms with Gasteiger partial charge in [-0.15, -0.1) is 11.3 Å². The lowest BCUT2D eigenvalue weighted by Gasteiger charge is -2.53. The number of nitrogens with zero attached hydrogens (tertiary/aromatic N) is 3. The minimum absolute atomic E-state index is 0.00129. The number of anilines is 8. The van der Waals surface area contributed by atoms with E-state index in [0.29, 0.717) is 0 Å². The number of thiophene rings is 1. The van der Waals surface area contributed by atoms with E-state index in [2.05, 4.69) is 262 Å². The van der Waals surface area contributed by atoms with Crippen LogP contribution >= 0.6 is 11.3 Å². The standard InChI is InChI=1S/C72H84BN3S/c1-43-34-48(69(12,13)14)35-44(2)64(43)75-58-41-54-53-31-26-47(68(9,10)11)38-61(53)77-62(54)42-56(58)73-57-37-49(70(15,16)17)36-55-65(57)76(72(19)33-21-20-32-71(55,72)18)60-40-52(39-59(75)63(60)73)74(50-27-22-45(23-28-50)66(3,4)5)51-29-24-46(25-30-51)67(6,7)8/h22-31,34-42H,20-21,32-33H2,1-19H3. The smallest absolute Gasteiger partial charge is 0.252 e. The van der Waals surface area contributed by atoms with Crippen LogP contribution in [0.4, 0.5) is 45.5 Å². The average molecular weight is 1030 g/mol. The minimum Gasteiger partial charge on any atom is -0.335 e. The van der Waals surface area contributed by atoms with Gasteiger partial charge in [-0.3, -0.25) is 0 Å². The molecule has 1 aromatic heterocycles. The number of hydrogen-bond acceptors (Lipinski definition) is 4. The largest absolute Gasteiger partial charge is 0.335 e. The molecule has 8 aromatic rings. The van der Waals surface area contributed by atoms with Gasteiger partial charge < -0.3 is 14.7 Å². The summed E-state index contributed by atoms with van der Waals surface area (Å²) in [5.74, 6) is 0. The quantitative estimate of drug-likeness (QED) is 0.163. The van der Waals surface area contributed by atoms with Crippen molar-refractivity contribution >= 4 is 100 Å². The Balaban J connectivity index is 1.25. The summed E-state index contributed by atoms with van der Waals surface area (Å²) >= 11 is 1.98. The van der Waals surface area contributed by atoms with Crippen LogP contribution in [-0.2, 0) is 32.5 Å². The van der Waals surface area contributed by atoms with Gasteiger partial charge in [0.15, 0.2) is 0 Å². The van der Waals surface area contributed by atoms with Gasteiger partial charge in [0.05, 0.1) is 16.9 Å². The van der Waals surface area contributed by atoms with Crippen molar-refractivity contribution in [2.45, 2.75) is 195 Å². The third kappa shape index (κ3) is 7.91. The van der Waals surface area contributed by atoms with E-state index in [9.17, 15) is 0 Å². The highest BCUT2D eigenvalue weighted by Crippen LogP contribution is 2.63. The van der Waals surface area contributed by atoms with Crippen molar-refractivity contribution in [3.05, 3.63) is 160 Å². The third-order valence-electron chi connectivity index (χ3n) is 19.2. The van der Waals surface area contributed by atoms with E-state index >= 15 is 0 Å². The number of hydrogen-bond donors (Lipinski definition) is 0. The van der Waals surface area contributed by atoms with Crippen LogP contribution in [0.15, 0.2) is 115 Å². The number of benzene rings is 7. The maximum absolute atomic E-state index is 2.93. The molecule has 12 rings (SSSR count). The van der Waals surface area contributed by atoms with E-state index in [0.717, 1.165) is 17.8 Å². The maximum atomic E-state index is 2.93. The highest BCUT2D eigenvalue weighted by atomic mass is 32.1. The van der Waals surface area contributed by atoms with Crippen LogP contribution in [0.1, 0.15) is 188 Å². The van der Waals surface area contributed by atoms with E-state index in [1.54, 1.807) is 5.56 Å². The molecule has 396 valence electrons. The van der Waals surface area contributed by atoms with Crippen molar-refractivity contribution in [3.63, 3.8) is 0 Å². The summed E-state index contributed by atoms with van der Waals surface area (Å²) in [4.78, 5) is 8.25. The number of rotatable bonds is 4. The summed E-state index contributed by atoms with van der Waals surface area (Å²) in [6, 6.07) is 47.0. The first-order valence-corrected chi connectivity index (χ1v) is 29.8. The number of aryl methyl sites for hydroxylation is 2. The molecule has 0 bridgehead atoms. The molecule has 3 nitrogen and oxygen atoms in total. The van der Waals surface area contributed by atoms with Crippen LogP contribution in [0.2, 0.25) is 0 Å². The first-order chi connectivity index (χ1) is 35.9. The highest BCUT2D eigenvalue weighted by molar-refractivity contribution is 7.26. The lowest BCUT2D eigenvalue weighted by molar-refractivity contribution is 0.195. The molecule has 1 aliphatic carbocycles. The molecule has 77 heavy (non-hydrogen) atoms. The summed E-state index contributed by atoms with van der Waals surface area (Å²) in [6.07, 6.45) is 4.80. The summed E-state index contributed by atoms with van der Waals surface area (Å²) in [5.41, 5.74) is 25.4.